The molecule has 2 heterocycles. The van der Waals surface area contributed by atoms with E-state index >= 15 is 0 Å². The minimum atomic E-state index is -0.417. The Labute approximate surface area is 132 Å². The number of allylic oxidation sites excluding steroid dienone is 1. The van der Waals surface area contributed by atoms with Crippen LogP contribution in [0.3, 0.4) is 0 Å². The van der Waals surface area contributed by atoms with Crippen molar-refractivity contribution in [3.63, 3.8) is 0 Å². The van der Waals surface area contributed by atoms with Crippen LogP contribution in [0.1, 0.15) is 33.1 Å². The van der Waals surface area contributed by atoms with Crippen LogP contribution >= 0.6 is 0 Å². The predicted octanol–water partition coefficient (Wildman–Crippen LogP) is 1.72. The largest absolute Gasteiger partial charge is 0.465 e. The summed E-state index contributed by atoms with van der Waals surface area (Å²) in [5.74, 6) is -0.414. The van der Waals surface area contributed by atoms with Crippen LogP contribution in [0, 0.1) is 18.3 Å². The predicted molar refractivity (Wildman–Crippen MR) is 80.4 cm³/mol. The Morgan fingerprint density at radius 2 is 2.13 bits per heavy atom. The maximum Gasteiger partial charge on any atom is 0.337 e. The second kappa shape index (κ2) is 5.50. The minimum absolute atomic E-state index is 0.0357. The molecule has 0 saturated carbocycles. The number of fused-ring (bicyclic) bond motifs is 1. The van der Waals surface area contributed by atoms with Gasteiger partial charge in [-0.2, -0.15) is 5.26 Å². The summed E-state index contributed by atoms with van der Waals surface area (Å²) in [5, 5.41) is 16.4. The Balaban J connectivity index is 2.11. The second-order valence-electron chi connectivity index (χ2n) is 5.11. The molecule has 1 unspecified atom stereocenters. The number of methoxy groups -OCH3 is 1. The minimum Gasteiger partial charge on any atom is -0.465 e. The summed E-state index contributed by atoms with van der Waals surface area (Å²) < 4.78 is 10.1. The lowest BCUT2D eigenvalue weighted by atomic mass is 9.84. The number of nitrogens with two attached hydrogens (primary N) is 1. The van der Waals surface area contributed by atoms with Gasteiger partial charge in [0, 0.05) is 11.3 Å². The number of benzene rings is 1. The maximum absolute atomic E-state index is 11.5. The van der Waals surface area contributed by atoms with Gasteiger partial charge in [0.15, 0.2) is 0 Å². The van der Waals surface area contributed by atoms with E-state index in [0.717, 1.165) is 16.8 Å². The van der Waals surface area contributed by atoms with Crippen molar-refractivity contribution in [2.75, 3.05) is 7.11 Å². The number of aryl methyl sites for hydroxylation is 1. The average Bonchev–Trinajstić information content (AvgIpc) is 2.93. The number of aromatic nitrogens is 2. The summed E-state index contributed by atoms with van der Waals surface area (Å²) in [4.78, 5) is 11.5. The summed E-state index contributed by atoms with van der Waals surface area (Å²) in [6.07, 6.45) is 0. The van der Waals surface area contributed by atoms with E-state index in [1.54, 1.807) is 24.3 Å². The summed E-state index contributed by atoms with van der Waals surface area (Å²) in [7, 11) is 1.33. The fourth-order valence-corrected chi connectivity index (χ4v) is 2.66. The number of esters is 1. The van der Waals surface area contributed by atoms with Gasteiger partial charge in [0.2, 0.25) is 11.8 Å². The molecule has 3 N–H and O–H groups in total. The van der Waals surface area contributed by atoms with Crippen molar-refractivity contribution in [2.24, 2.45) is 5.73 Å². The average molecular weight is 310 g/mol. The highest BCUT2D eigenvalue weighted by molar-refractivity contribution is 5.89. The highest BCUT2D eigenvalue weighted by atomic mass is 16.5. The van der Waals surface area contributed by atoms with Crippen LogP contribution < -0.4 is 10.5 Å². The first-order valence-electron chi connectivity index (χ1n) is 6.87. The Hall–Kier alpha value is -3.27. The highest BCUT2D eigenvalue weighted by Crippen LogP contribution is 2.42. The van der Waals surface area contributed by atoms with Gasteiger partial charge in [0.05, 0.1) is 18.6 Å². The van der Waals surface area contributed by atoms with Crippen LogP contribution in [0.15, 0.2) is 35.7 Å². The number of nitrogens with zero attached hydrogens (tertiary/aromatic N) is 2. The Kier molecular flexibility index (Phi) is 3.50. The van der Waals surface area contributed by atoms with Gasteiger partial charge >= 0.3 is 5.97 Å². The van der Waals surface area contributed by atoms with Crippen molar-refractivity contribution < 1.29 is 14.3 Å². The second-order valence-corrected chi connectivity index (χ2v) is 5.11. The molecular weight excluding hydrogens is 296 g/mol. The summed E-state index contributed by atoms with van der Waals surface area (Å²) in [5.41, 5.74) is 8.96. The van der Waals surface area contributed by atoms with Crippen LogP contribution in [0.25, 0.3) is 0 Å². The van der Waals surface area contributed by atoms with Gasteiger partial charge in [-0.05, 0) is 24.6 Å². The molecule has 1 atom stereocenters. The normalized spacial score (nSPS) is 16.3. The molecule has 2 aromatic rings. The number of H-pyrrole nitrogens is 1. The molecule has 23 heavy (non-hydrogen) atoms. The molecule has 1 aliphatic heterocycles. The van der Waals surface area contributed by atoms with Crippen molar-refractivity contribution >= 4 is 5.97 Å². The van der Waals surface area contributed by atoms with E-state index in [9.17, 15) is 10.1 Å². The smallest absolute Gasteiger partial charge is 0.337 e. The van der Waals surface area contributed by atoms with E-state index in [0.29, 0.717) is 17.0 Å². The number of nitrogens with one attached hydrogen (secondary N) is 1. The standard InChI is InChI=1S/C16H14N4O3/c1-8-12-13(9-3-5-10(6-4-9)16(21)22-2)11(7-17)14(18)23-15(12)20-19-8/h3-6,13H,18H2,1-2H3,(H,19,20). The molecule has 0 amide bonds. The van der Waals surface area contributed by atoms with E-state index in [-0.39, 0.29) is 5.88 Å². The van der Waals surface area contributed by atoms with E-state index in [1.165, 1.54) is 7.11 Å². The molecule has 1 aromatic heterocycles. The van der Waals surface area contributed by atoms with Crippen molar-refractivity contribution in [1.29, 1.82) is 5.26 Å². The summed E-state index contributed by atoms with van der Waals surface area (Å²) in [6, 6.07) is 8.94. The molecule has 0 spiro atoms. The number of rotatable bonds is 2. The third-order valence-corrected chi connectivity index (χ3v) is 3.79. The summed E-state index contributed by atoms with van der Waals surface area (Å²) in [6.45, 7) is 1.85. The number of carbonyl (C=O) groups excluding carboxylic acids is 1. The van der Waals surface area contributed by atoms with Gasteiger partial charge in [0.1, 0.15) is 11.6 Å². The molecular formula is C16H14N4O3. The molecule has 3 rings (SSSR count). The molecule has 0 bridgehead atoms. The van der Waals surface area contributed by atoms with Crippen LogP contribution in [-0.4, -0.2) is 23.3 Å². The van der Waals surface area contributed by atoms with Gasteiger partial charge in [0.25, 0.3) is 0 Å². The lowest BCUT2D eigenvalue weighted by Crippen LogP contribution is -2.21. The highest BCUT2D eigenvalue weighted by Gasteiger charge is 2.34. The van der Waals surface area contributed by atoms with E-state index in [4.69, 9.17) is 10.5 Å². The number of hydrogen-bond donors (Lipinski definition) is 2. The SMILES string of the molecule is COC(=O)c1ccc(C2C(C#N)=C(N)Oc3n[nH]c(C)c32)cc1. The van der Waals surface area contributed by atoms with Crippen LogP contribution in [0.4, 0.5) is 0 Å². The zero-order chi connectivity index (χ0) is 16.6. The van der Waals surface area contributed by atoms with E-state index < -0.39 is 11.9 Å². The van der Waals surface area contributed by atoms with E-state index in [2.05, 4.69) is 21.0 Å². The molecule has 116 valence electrons. The monoisotopic (exact) mass is 310 g/mol. The van der Waals surface area contributed by atoms with Crippen LogP contribution in [0.2, 0.25) is 0 Å². The zero-order valence-electron chi connectivity index (χ0n) is 12.6. The fourth-order valence-electron chi connectivity index (χ4n) is 2.66. The van der Waals surface area contributed by atoms with Crippen molar-refractivity contribution in [3.05, 3.63) is 58.1 Å². The van der Waals surface area contributed by atoms with Crippen LogP contribution in [-0.2, 0) is 4.74 Å². The van der Waals surface area contributed by atoms with Gasteiger partial charge < -0.3 is 15.2 Å². The molecule has 1 aromatic carbocycles. The van der Waals surface area contributed by atoms with Crippen molar-refractivity contribution in [3.8, 4) is 11.9 Å². The molecule has 0 radical (unpaired) electrons. The topological polar surface area (TPSA) is 114 Å². The quantitative estimate of drug-likeness (QED) is 0.816. The Morgan fingerprint density at radius 3 is 2.74 bits per heavy atom. The number of aromatic amines is 1. The van der Waals surface area contributed by atoms with Gasteiger partial charge in [-0.25, -0.2) is 4.79 Å². The van der Waals surface area contributed by atoms with Gasteiger partial charge in [-0.15, -0.1) is 5.10 Å². The zero-order valence-corrected chi connectivity index (χ0v) is 12.6. The first-order valence-corrected chi connectivity index (χ1v) is 6.87. The Bertz CT molecular complexity index is 843. The first-order chi connectivity index (χ1) is 11.1. The molecule has 0 aliphatic carbocycles. The maximum atomic E-state index is 11.5. The molecule has 0 fully saturated rings. The molecule has 7 nitrogen and oxygen atoms in total. The van der Waals surface area contributed by atoms with Crippen LogP contribution in [0.5, 0.6) is 5.88 Å². The third kappa shape index (κ3) is 2.30. The molecule has 0 saturated heterocycles. The number of ether oxygens (including phenoxy) is 2. The first kappa shape index (κ1) is 14.7. The van der Waals surface area contributed by atoms with Crippen molar-refractivity contribution in [1.82, 2.24) is 10.2 Å². The van der Waals surface area contributed by atoms with Crippen molar-refractivity contribution in [2.45, 2.75) is 12.8 Å². The molecule has 1 aliphatic rings. The lowest BCUT2D eigenvalue weighted by Gasteiger charge is -2.23. The Morgan fingerprint density at radius 1 is 1.43 bits per heavy atom. The number of carbonyl (C=O) groups is 1. The van der Waals surface area contributed by atoms with Gasteiger partial charge in [-0.3, -0.25) is 5.10 Å². The third-order valence-electron chi connectivity index (χ3n) is 3.79. The lowest BCUT2D eigenvalue weighted by molar-refractivity contribution is 0.0600. The number of nitriles is 1. The molecule has 7 heteroatoms. The van der Waals surface area contributed by atoms with E-state index in [1.807, 2.05) is 6.92 Å². The number of hydrogen-bond acceptors (Lipinski definition) is 6. The summed E-state index contributed by atoms with van der Waals surface area (Å²) >= 11 is 0. The fraction of sp³-hybridized carbons (Fsp3) is 0.188. The van der Waals surface area contributed by atoms with Gasteiger partial charge in [-0.1, -0.05) is 12.1 Å².